The van der Waals surface area contributed by atoms with Gasteiger partial charge in [0.05, 0.1) is 0 Å². The molecule has 1 aliphatic heterocycles. The molecule has 0 bridgehead atoms. The van der Waals surface area contributed by atoms with Gasteiger partial charge in [-0.05, 0) is 36.8 Å². The molecule has 3 nitrogen and oxygen atoms in total. The highest BCUT2D eigenvalue weighted by molar-refractivity contribution is 5.17. The zero-order valence-corrected chi connectivity index (χ0v) is 11.9. The van der Waals surface area contributed by atoms with Crippen molar-refractivity contribution >= 4 is 0 Å². The molecule has 1 saturated heterocycles. The fraction of sp³-hybridized carbons (Fsp3) is 1.00. The van der Waals surface area contributed by atoms with Crippen LogP contribution in [0, 0.1) is 10.8 Å². The molecule has 0 radical (unpaired) electrons. The lowest BCUT2D eigenvalue weighted by molar-refractivity contribution is 0.212. The molecular weight excluding hydrogens is 210 g/mol. The van der Waals surface area contributed by atoms with Crippen molar-refractivity contribution in [2.24, 2.45) is 16.6 Å². The van der Waals surface area contributed by atoms with Crippen LogP contribution >= 0.6 is 0 Å². The van der Waals surface area contributed by atoms with Crippen LogP contribution in [-0.2, 0) is 0 Å². The molecule has 2 aliphatic rings. The summed E-state index contributed by atoms with van der Waals surface area (Å²) in [5.41, 5.74) is 6.82. The monoisotopic (exact) mass is 239 g/mol. The van der Waals surface area contributed by atoms with E-state index in [-0.39, 0.29) is 0 Å². The maximum atomic E-state index is 5.91. The average Bonchev–Trinajstić information content (AvgIpc) is 2.63. The van der Waals surface area contributed by atoms with Gasteiger partial charge in [0.15, 0.2) is 0 Å². The Morgan fingerprint density at radius 3 is 2.12 bits per heavy atom. The Bertz CT molecular complexity index is 251. The molecule has 0 aromatic carbocycles. The molecule has 1 heterocycles. The molecule has 0 atom stereocenters. The number of piperidine rings is 1. The van der Waals surface area contributed by atoms with E-state index in [2.05, 4.69) is 37.9 Å². The van der Waals surface area contributed by atoms with Crippen molar-refractivity contribution < 1.29 is 0 Å². The largest absolute Gasteiger partial charge is 0.328 e. The lowest BCUT2D eigenvalue weighted by atomic mass is 10.0. The van der Waals surface area contributed by atoms with Crippen molar-refractivity contribution in [2.75, 3.05) is 26.2 Å². The van der Waals surface area contributed by atoms with Crippen molar-refractivity contribution in [1.29, 1.82) is 0 Å². The molecule has 2 rings (SSSR count). The summed E-state index contributed by atoms with van der Waals surface area (Å²) in [7, 11) is 0. The molecule has 0 spiro atoms. The highest BCUT2D eigenvalue weighted by atomic mass is 15.2. The third kappa shape index (κ3) is 2.51. The van der Waals surface area contributed by atoms with Crippen LogP contribution in [0.1, 0.15) is 40.5 Å². The molecule has 0 aromatic heterocycles. The van der Waals surface area contributed by atoms with Crippen LogP contribution in [0.2, 0.25) is 0 Å². The van der Waals surface area contributed by atoms with Gasteiger partial charge in [0, 0.05) is 25.2 Å². The summed E-state index contributed by atoms with van der Waals surface area (Å²) in [5.74, 6) is 0. The Kier molecular flexibility index (Phi) is 3.54. The van der Waals surface area contributed by atoms with Crippen LogP contribution in [-0.4, -0.2) is 43.2 Å². The molecule has 100 valence electrons. The summed E-state index contributed by atoms with van der Waals surface area (Å²) in [6.07, 6.45) is 2.33. The Balaban J connectivity index is 1.65. The highest BCUT2D eigenvalue weighted by Gasteiger charge is 2.64. The Labute approximate surface area is 106 Å². The Morgan fingerprint density at radius 1 is 1.12 bits per heavy atom. The van der Waals surface area contributed by atoms with Crippen molar-refractivity contribution in [3.05, 3.63) is 0 Å². The van der Waals surface area contributed by atoms with Crippen LogP contribution < -0.4 is 11.1 Å². The van der Waals surface area contributed by atoms with Crippen LogP contribution in [0.25, 0.3) is 0 Å². The van der Waals surface area contributed by atoms with Crippen LogP contribution in [0.15, 0.2) is 0 Å². The standard InChI is InChI=1S/C14H29N3/c1-13(2)12(14(13,3)4)16-7-10-17-8-5-11(15)6-9-17/h11-12,16H,5-10,15H2,1-4H3. The summed E-state index contributed by atoms with van der Waals surface area (Å²) in [4.78, 5) is 2.54. The second-order valence-electron chi connectivity index (χ2n) is 7.01. The molecule has 0 amide bonds. The maximum Gasteiger partial charge on any atom is 0.0181 e. The minimum atomic E-state index is 0.445. The van der Waals surface area contributed by atoms with Gasteiger partial charge in [0.1, 0.15) is 0 Å². The molecular formula is C14H29N3. The van der Waals surface area contributed by atoms with E-state index in [1.165, 1.54) is 32.5 Å². The van der Waals surface area contributed by atoms with E-state index in [0.29, 0.717) is 22.9 Å². The van der Waals surface area contributed by atoms with Gasteiger partial charge in [0.2, 0.25) is 0 Å². The first-order chi connectivity index (χ1) is 7.85. The molecule has 2 fully saturated rings. The zero-order chi connectivity index (χ0) is 12.7. The third-order valence-corrected chi connectivity index (χ3v) is 5.43. The first-order valence-electron chi connectivity index (χ1n) is 7.07. The van der Waals surface area contributed by atoms with Crippen molar-refractivity contribution in [3.8, 4) is 0 Å². The smallest absolute Gasteiger partial charge is 0.0181 e. The summed E-state index contributed by atoms with van der Waals surface area (Å²) >= 11 is 0. The average molecular weight is 239 g/mol. The Hall–Kier alpha value is -0.120. The van der Waals surface area contributed by atoms with Gasteiger partial charge in [0.25, 0.3) is 0 Å². The molecule has 0 unspecified atom stereocenters. The number of rotatable bonds is 4. The van der Waals surface area contributed by atoms with Gasteiger partial charge in [-0.3, -0.25) is 0 Å². The number of nitrogens with zero attached hydrogens (tertiary/aromatic N) is 1. The highest BCUT2D eigenvalue weighted by Crippen LogP contribution is 2.62. The summed E-state index contributed by atoms with van der Waals surface area (Å²) in [6.45, 7) is 14.1. The van der Waals surface area contributed by atoms with Crippen molar-refractivity contribution in [1.82, 2.24) is 10.2 Å². The fourth-order valence-corrected chi connectivity index (χ4v) is 3.25. The van der Waals surface area contributed by atoms with Crippen LogP contribution in [0.3, 0.4) is 0 Å². The lowest BCUT2D eigenvalue weighted by Gasteiger charge is -2.30. The van der Waals surface area contributed by atoms with Crippen molar-refractivity contribution in [2.45, 2.75) is 52.6 Å². The second-order valence-corrected chi connectivity index (χ2v) is 7.01. The number of hydrogen-bond acceptors (Lipinski definition) is 3. The van der Waals surface area contributed by atoms with E-state index in [0.717, 1.165) is 6.54 Å². The fourth-order valence-electron chi connectivity index (χ4n) is 3.25. The molecule has 17 heavy (non-hydrogen) atoms. The van der Waals surface area contributed by atoms with Crippen LogP contribution in [0.5, 0.6) is 0 Å². The van der Waals surface area contributed by atoms with Gasteiger partial charge < -0.3 is 16.0 Å². The number of hydrogen-bond donors (Lipinski definition) is 2. The number of nitrogens with two attached hydrogens (primary N) is 1. The van der Waals surface area contributed by atoms with E-state index in [1.54, 1.807) is 0 Å². The maximum absolute atomic E-state index is 5.91. The van der Waals surface area contributed by atoms with Gasteiger partial charge in [-0.15, -0.1) is 0 Å². The summed E-state index contributed by atoms with van der Waals surface area (Å²) in [6, 6.07) is 1.13. The van der Waals surface area contributed by atoms with Gasteiger partial charge in [-0.2, -0.15) is 0 Å². The Morgan fingerprint density at radius 2 is 1.65 bits per heavy atom. The molecule has 3 heteroatoms. The minimum absolute atomic E-state index is 0.445. The third-order valence-electron chi connectivity index (χ3n) is 5.43. The van der Waals surface area contributed by atoms with Crippen LogP contribution in [0.4, 0.5) is 0 Å². The molecule has 1 aliphatic carbocycles. The van der Waals surface area contributed by atoms with E-state index in [9.17, 15) is 0 Å². The van der Waals surface area contributed by atoms with E-state index >= 15 is 0 Å². The van der Waals surface area contributed by atoms with Gasteiger partial charge in [-0.1, -0.05) is 27.7 Å². The summed E-state index contributed by atoms with van der Waals surface area (Å²) < 4.78 is 0. The predicted molar refractivity (Wildman–Crippen MR) is 73.0 cm³/mol. The SMILES string of the molecule is CC1(C)C(NCCN2CCC(N)CC2)C1(C)C. The predicted octanol–water partition coefficient (Wildman–Crippen LogP) is 1.43. The van der Waals surface area contributed by atoms with Gasteiger partial charge in [-0.25, -0.2) is 0 Å². The quantitative estimate of drug-likeness (QED) is 0.780. The molecule has 3 N–H and O–H groups in total. The van der Waals surface area contributed by atoms with E-state index < -0.39 is 0 Å². The first-order valence-corrected chi connectivity index (χ1v) is 7.07. The number of likely N-dealkylation sites (tertiary alicyclic amines) is 1. The van der Waals surface area contributed by atoms with Gasteiger partial charge >= 0.3 is 0 Å². The zero-order valence-electron chi connectivity index (χ0n) is 11.9. The normalized spacial score (nSPS) is 29.5. The lowest BCUT2D eigenvalue weighted by Crippen LogP contribution is -2.43. The topological polar surface area (TPSA) is 41.3 Å². The molecule has 0 aromatic rings. The van der Waals surface area contributed by atoms with Crippen molar-refractivity contribution in [3.63, 3.8) is 0 Å². The van der Waals surface area contributed by atoms with E-state index in [1.807, 2.05) is 0 Å². The van der Waals surface area contributed by atoms with E-state index in [4.69, 9.17) is 5.73 Å². The second kappa shape index (κ2) is 4.52. The summed E-state index contributed by atoms with van der Waals surface area (Å²) in [5, 5.41) is 3.72. The minimum Gasteiger partial charge on any atom is -0.328 e. The molecule has 1 saturated carbocycles. The first kappa shape index (κ1) is 13.3. The number of nitrogens with one attached hydrogen (secondary N) is 1.